The molecule has 9 nitrogen and oxygen atoms in total. The van der Waals surface area contributed by atoms with Crippen LogP contribution in [0.4, 0.5) is 5.69 Å². The Morgan fingerprint density at radius 1 is 1.00 bits per heavy atom. The van der Waals surface area contributed by atoms with Crippen LogP contribution in [0.25, 0.3) is 11.4 Å². The van der Waals surface area contributed by atoms with E-state index < -0.39 is 4.92 Å². The minimum Gasteiger partial charge on any atom is -0.497 e. The number of nitrogens with zero attached hydrogens (tertiary/aromatic N) is 4. The molecule has 0 radical (unpaired) electrons. The number of hydrogen-bond donors (Lipinski definition) is 0. The topological polar surface area (TPSA) is 112 Å². The first-order valence-electron chi connectivity index (χ1n) is 11.1. The molecule has 4 aromatic rings. The number of nitro benzene ring substituents is 1. The summed E-state index contributed by atoms with van der Waals surface area (Å²) in [6.45, 7) is 0.747. The number of hydrogen-bond acceptors (Lipinski definition) is 7. The summed E-state index contributed by atoms with van der Waals surface area (Å²) < 4.78 is 10.7. The lowest BCUT2D eigenvalue weighted by Crippen LogP contribution is -2.34. The highest BCUT2D eigenvalue weighted by molar-refractivity contribution is 5.94. The molecule has 3 aromatic carbocycles. The lowest BCUT2D eigenvalue weighted by Gasteiger charge is -2.22. The molecule has 0 unspecified atom stereocenters. The second-order valence-electron chi connectivity index (χ2n) is 7.83. The third-order valence-corrected chi connectivity index (χ3v) is 5.50. The van der Waals surface area contributed by atoms with E-state index in [4.69, 9.17) is 9.26 Å². The Morgan fingerprint density at radius 2 is 1.77 bits per heavy atom. The molecule has 1 aromatic heterocycles. The zero-order valence-electron chi connectivity index (χ0n) is 19.2. The number of rotatable bonds is 10. The smallest absolute Gasteiger partial charge is 0.270 e. The molecular weight excluding hydrogens is 448 g/mol. The summed E-state index contributed by atoms with van der Waals surface area (Å²) in [7, 11) is 1.59. The second kappa shape index (κ2) is 11.1. The molecule has 0 fully saturated rings. The van der Waals surface area contributed by atoms with E-state index in [-0.39, 0.29) is 17.2 Å². The van der Waals surface area contributed by atoms with Crippen molar-refractivity contribution in [1.29, 1.82) is 0 Å². The van der Waals surface area contributed by atoms with Crippen molar-refractivity contribution in [1.82, 2.24) is 15.0 Å². The first kappa shape index (κ1) is 23.6. The Kier molecular flexibility index (Phi) is 7.47. The minimum absolute atomic E-state index is 0.126. The quantitative estimate of drug-likeness (QED) is 0.245. The molecule has 0 aliphatic rings. The Labute approximate surface area is 202 Å². The Bertz CT molecular complexity index is 1310. The van der Waals surface area contributed by atoms with Gasteiger partial charge in [0.2, 0.25) is 11.7 Å². The first-order chi connectivity index (χ1) is 17.0. The molecule has 0 N–H and O–H groups in total. The first-order valence-corrected chi connectivity index (χ1v) is 11.1. The average Bonchev–Trinajstić information content (AvgIpc) is 3.38. The van der Waals surface area contributed by atoms with Crippen LogP contribution in [-0.4, -0.2) is 46.1 Å². The van der Waals surface area contributed by atoms with Gasteiger partial charge in [0.15, 0.2) is 0 Å². The summed E-state index contributed by atoms with van der Waals surface area (Å²) >= 11 is 0. The molecule has 0 saturated carbocycles. The number of benzene rings is 3. The maximum absolute atomic E-state index is 13.3. The van der Waals surface area contributed by atoms with E-state index in [1.807, 2.05) is 54.6 Å². The minimum atomic E-state index is -0.510. The molecule has 0 aliphatic heterocycles. The van der Waals surface area contributed by atoms with Crippen LogP contribution in [0.1, 0.15) is 21.8 Å². The highest BCUT2D eigenvalue weighted by atomic mass is 16.6. The number of methoxy groups -OCH3 is 1. The molecule has 9 heteroatoms. The Morgan fingerprint density at radius 3 is 2.54 bits per heavy atom. The Hall–Kier alpha value is -4.53. The van der Waals surface area contributed by atoms with E-state index in [1.165, 1.54) is 18.2 Å². The van der Waals surface area contributed by atoms with Gasteiger partial charge < -0.3 is 14.2 Å². The van der Waals surface area contributed by atoms with Crippen LogP contribution < -0.4 is 4.74 Å². The van der Waals surface area contributed by atoms with Gasteiger partial charge >= 0.3 is 0 Å². The standard InChI is InChI=1S/C26H24N4O5/c1-34-23-12-6-9-20(18-23)25-27-24(35-28-25)14-16-29(15-13-19-7-3-2-4-8-19)26(31)21-10-5-11-22(17-21)30(32)33/h2-12,17-18H,13-16H2,1H3. The van der Waals surface area contributed by atoms with E-state index in [1.54, 1.807) is 18.1 Å². The molecule has 178 valence electrons. The van der Waals surface area contributed by atoms with Crippen molar-refractivity contribution in [2.45, 2.75) is 12.8 Å². The maximum atomic E-state index is 13.3. The number of nitro groups is 1. The maximum Gasteiger partial charge on any atom is 0.270 e. The molecule has 35 heavy (non-hydrogen) atoms. The van der Waals surface area contributed by atoms with Crippen LogP contribution in [0.2, 0.25) is 0 Å². The van der Waals surface area contributed by atoms with Gasteiger partial charge in [0.25, 0.3) is 11.6 Å². The molecule has 0 bridgehead atoms. The normalized spacial score (nSPS) is 10.7. The lowest BCUT2D eigenvalue weighted by molar-refractivity contribution is -0.384. The summed E-state index contributed by atoms with van der Waals surface area (Å²) in [6.07, 6.45) is 0.979. The zero-order valence-corrected chi connectivity index (χ0v) is 19.2. The third kappa shape index (κ3) is 6.08. The zero-order chi connectivity index (χ0) is 24.6. The van der Waals surface area contributed by atoms with E-state index in [0.29, 0.717) is 43.4 Å². The molecule has 0 atom stereocenters. The van der Waals surface area contributed by atoms with Crippen molar-refractivity contribution >= 4 is 11.6 Å². The van der Waals surface area contributed by atoms with Crippen molar-refractivity contribution in [3.63, 3.8) is 0 Å². The average molecular weight is 473 g/mol. The third-order valence-electron chi connectivity index (χ3n) is 5.50. The van der Waals surface area contributed by atoms with Gasteiger partial charge in [0.05, 0.1) is 12.0 Å². The van der Waals surface area contributed by atoms with Crippen molar-refractivity contribution in [3.05, 3.63) is 106 Å². The molecule has 1 amide bonds. The fourth-order valence-corrected chi connectivity index (χ4v) is 3.63. The van der Waals surface area contributed by atoms with Gasteiger partial charge in [-0.15, -0.1) is 0 Å². The van der Waals surface area contributed by atoms with Crippen LogP contribution in [0.5, 0.6) is 5.75 Å². The van der Waals surface area contributed by atoms with Crippen molar-refractivity contribution in [3.8, 4) is 17.1 Å². The summed E-state index contributed by atoms with van der Waals surface area (Å²) in [5.74, 6) is 1.21. The number of non-ortho nitro benzene ring substituents is 1. The van der Waals surface area contributed by atoms with Gasteiger partial charge in [0, 0.05) is 42.8 Å². The molecule has 4 rings (SSSR count). The van der Waals surface area contributed by atoms with Crippen LogP contribution >= 0.6 is 0 Å². The largest absolute Gasteiger partial charge is 0.497 e. The molecule has 1 heterocycles. The van der Waals surface area contributed by atoms with Crippen LogP contribution in [0.15, 0.2) is 83.4 Å². The van der Waals surface area contributed by atoms with E-state index in [9.17, 15) is 14.9 Å². The van der Waals surface area contributed by atoms with Crippen molar-refractivity contribution < 1.29 is 19.0 Å². The fraction of sp³-hybridized carbons (Fsp3) is 0.192. The van der Waals surface area contributed by atoms with Gasteiger partial charge in [-0.1, -0.05) is 53.7 Å². The van der Waals surface area contributed by atoms with Crippen molar-refractivity contribution in [2.24, 2.45) is 0 Å². The number of aromatic nitrogens is 2. The summed E-state index contributed by atoms with van der Waals surface area (Å²) in [5.41, 5.74) is 1.98. The Balaban J connectivity index is 1.50. The monoisotopic (exact) mass is 472 g/mol. The summed E-state index contributed by atoms with van der Waals surface area (Å²) in [6, 6.07) is 22.9. The van der Waals surface area contributed by atoms with Gasteiger partial charge in [-0.2, -0.15) is 4.98 Å². The highest BCUT2D eigenvalue weighted by Gasteiger charge is 2.20. The van der Waals surface area contributed by atoms with Gasteiger partial charge in [-0.3, -0.25) is 14.9 Å². The van der Waals surface area contributed by atoms with Gasteiger partial charge in [-0.05, 0) is 30.2 Å². The molecule has 0 aliphatic carbocycles. The van der Waals surface area contributed by atoms with Gasteiger partial charge in [0.1, 0.15) is 5.75 Å². The van der Waals surface area contributed by atoms with E-state index in [0.717, 1.165) is 11.1 Å². The number of carbonyl (C=O) groups is 1. The SMILES string of the molecule is COc1cccc(-c2noc(CCN(CCc3ccccc3)C(=O)c3cccc([N+](=O)[O-])c3)n2)c1. The van der Waals surface area contributed by atoms with Crippen LogP contribution in [0.3, 0.4) is 0 Å². The number of carbonyl (C=O) groups excluding carboxylic acids is 1. The second-order valence-corrected chi connectivity index (χ2v) is 7.83. The van der Waals surface area contributed by atoms with Crippen LogP contribution in [-0.2, 0) is 12.8 Å². The van der Waals surface area contributed by atoms with E-state index in [2.05, 4.69) is 10.1 Å². The van der Waals surface area contributed by atoms with Crippen LogP contribution in [0, 0.1) is 10.1 Å². The highest BCUT2D eigenvalue weighted by Crippen LogP contribution is 2.21. The molecule has 0 saturated heterocycles. The summed E-state index contributed by atoms with van der Waals surface area (Å²) in [5, 5.41) is 15.2. The van der Waals surface area contributed by atoms with Crippen molar-refractivity contribution in [2.75, 3.05) is 20.2 Å². The fourth-order valence-electron chi connectivity index (χ4n) is 3.63. The summed E-state index contributed by atoms with van der Waals surface area (Å²) in [4.78, 5) is 30.1. The molecule has 0 spiro atoms. The predicted molar refractivity (Wildman–Crippen MR) is 129 cm³/mol. The number of amides is 1. The predicted octanol–water partition coefficient (Wildman–Crippen LogP) is 4.58. The van der Waals surface area contributed by atoms with Gasteiger partial charge in [-0.25, -0.2) is 0 Å². The lowest BCUT2D eigenvalue weighted by atomic mass is 10.1. The van der Waals surface area contributed by atoms with E-state index >= 15 is 0 Å². The number of ether oxygens (including phenoxy) is 1. The molecular formula is C26H24N4O5.